The molecule has 0 saturated heterocycles. The van der Waals surface area contributed by atoms with Crippen LogP contribution in [0.5, 0.6) is 0 Å². The van der Waals surface area contributed by atoms with Crippen LogP contribution in [0.3, 0.4) is 0 Å². The van der Waals surface area contributed by atoms with E-state index in [1.807, 2.05) is 28.8 Å². The number of Topliss-reactive ketones (excluding diaryl/α,β-unsaturated/α-hetero) is 2. The number of benzene rings is 1. The van der Waals surface area contributed by atoms with E-state index in [0.29, 0.717) is 21.8 Å². The van der Waals surface area contributed by atoms with Crippen molar-refractivity contribution in [1.29, 1.82) is 0 Å². The van der Waals surface area contributed by atoms with Crippen molar-refractivity contribution in [2.45, 2.75) is 0 Å². The molecule has 0 aliphatic heterocycles. The van der Waals surface area contributed by atoms with Crippen LogP contribution in [0.4, 0.5) is 0 Å². The number of carbonyl (C=O) groups is 2. The predicted octanol–water partition coefficient (Wildman–Crippen LogP) is 4.16. The van der Waals surface area contributed by atoms with Crippen LogP contribution in [-0.2, 0) is 0 Å². The zero-order valence-electron chi connectivity index (χ0n) is 12.0. The summed E-state index contributed by atoms with van der Waals surface area (Å²) in [5.74, 6) is 0.0734. The van der Waals surface area contributed by atoms with Gasteiger partial charge in [-0.2, -0.15) is 0 Å². The van der Waals surface area contributed by atoms with Gasteiger partial charge in [0.2, 0.25) is 0 Å². The number of imidazole rings is 1. The van der Waals surface area contributed by atoms with E-state index in [9.17, 15) is 9.59 Å². The summed E-state index contributed by atoms with van der Waals surface area (Å²) in [6.07, 6.45) is 3.65. The van der Waals surface area contributed by atoms with E-state index in [2.05, 4.69) is 36.8 Å². The lowest BCUT2D eigenvalue weighted by Crippen LogP contribution is -2.01. The number of aromatic nitrogens is 2. The maximum atomic E-state index is 11.7. The molecule has 0 amide bonds. The Hall–Kier alpha value is -1.79. The van der Waals surface area contributed by atoms with Crippen LogP contribution in [-0.4, -0.2) is 31.6 Å². The molecule has 116 valence electrons. The standard InChI is InChI=1S/C17H12Br2N2O2/c18-7-15(22)12-3-1-11(2-4-12)14-10-21-9-13(16(23)8-19)5-6-17(21)20-14/h1-6,9-10H,7-8H2. The number of nitrogens with zero attached hydrogens (tertiary/aromatic N) is 2. The summed E-state index contributed by atoms with van der Waals surface area (Å²) in [7, 11) is 0. The van der Waals surface area contributed by atoms with Crippen molar-refractivity contribution in [3.8, 4) is 11.3 Å². The highest BCUT2D eigenvalue weighted by Crippen LogP contribution is 2.21. The van der Waals surface area contributed by atoms with Gasteiger partial charge in [-0.3, -0.25) is 9.59 Å². The quantitative estimate of drug-likeness (QED) is 0.446. The number of rotatable bonds is 5. The molecule has 0 aliphatic rings. The Morgan fingerprint density at radius 2 is 1.48 bits per heavy atom. The van der Waals surface area contributed by atoms with Crippen LogP contribution in [0.2, 0.25) is 0 Å². The minimum absolute atomic E-state index is 0.0276. The Morgan fingerprint density at radius 3 is 2.13 bits per heavy atom. The Kier molecular flexibility index (Phi) is 4.73. The van der Waals surface area contributed by atoms with Crippen LogP contribution in [0, 0.1) is 0 Å². The fourth-order valence-corrected chi connectivity index (χ4v) is 2.92. The number of pyridine rings is 1. The van der Waals surface area contributed by atoms with Gasteiger partial charge in [0, 0.05) is 29.1 Å². The van der Waals surface area contributed by atoms with Crippen molar-refractivity contribution in [2.75, 3.05) is 10.7 Å². The average molecular weight is 436 g/mol. The summed E-state index contributed by atoms with van der Waals surface area (Å²) in [6, 6.07) is 10.9. The average Bonchev–Trinajstić information content (AvgIpc) is 3.03. The molecule has 3 aromatic rings. The first-order valence-electron chi connectivity index (χ1n) is 6.90. The zero-order valence-corrected chi connectivity index (χ0v) is 15.2. The molecule has 0 saturated carbocycles. The number of fused-ring (bicyclic) bond motifs is 1. The molecule has 23 heavy (non-hydrogen) atoms. The van der Waals surface area contributed by atoms with E-state index in [1.54, 1.807) is 24.4 Å². The maximum absolute atomic E-state index is 11.7. The largest absolute Gasteiger partial charge is 0.306 e. The van der Waals surface area contributed by atoms with Crippen molar-refractivity contribution in [2.24, 2.45) is 0 Å². The molecule has 0 bridgehead atoms. The Balaban J connectivity index is 1.97. The van der Waals surface area contributed by atoms with E-state index in [4.69, 9.17) is 0 Å². The molecule has 0 fully saturated rings. The van der Waals surface area contributed by atoms with Crippen molar-refractivity contribution < 1.29 is 9.59 Å². The monoisotopic (exact) mass is 434 g/mol. The van der Waals surface area contributed by atoms with E-state index in [0.717, 1.165) is 16.9 Å². The lowest BCUT2D eigenvalue weighted by molar-refractivity contribution is 0.101. The molecular weight excluding hydrogens is 424 g/mol. The lowest BCUT2D eigenvalue weighted by atomic mass is 10.1. The molecule has 6 heteroatoms. The second-order valence-electron chi connectivity index (χ2n) is 5.00. The number of alkyl halides is 2. The normalized spacial score (nSPS) is 10.9. The number of ketones is 2. The van der Waals surface area contributed by atoms with Gasteiger partial charge in [0.15, 0.2) is 11.6 Å². The molecule has 2 heterocycles. The fourth-order valence-electron chi connectivity index (χ4n) is 2.28. The molecule has 1 aromatic carbocycles. The Labute approximate surface area is 149 Å². The first kappa shape index (κ1) is 16.1. The lowest BCUT2D eigenvalue weighted by Gasteiger charge is -1.99. The van der Waals surface area contributed by atoms with Gasteiger partial charge in [-0.1, -0.05) is 56.1 Å². The van der Waals surface area contributed by atoms with Crippen molar-refractivity contribution in [3.05, 3.63) is 59.9 Å². The van der Waals surface area contributed by atoms with E-state index < -0.39 is 0 Å². The summed E-state index contributed by atoms with van der Waals surface area (Å²) >= 11 is 6.34. The minimum atomic E-state index is 0.0276. The third-order valence-electron chi connectivity index (χ3n) is 3.52. The number of hydrogen-bond acceptors (Lipinski definition) is 3. The van der Waals surface area contributed by atoms with Gasteiger partial charge in [0.05, 0.1) is 16.4 Å². The van der Waals surface area contributed by atoms with Crippen LogP contribution in [0.1, 0.15) is 20.7 Å². The van der Waals surface area contributed by atoms with Crippen LogP contribution in [0.25, 0.3) is 16.9 Å². The molecule has 0 N–H and O–H groups in total. The van der Waals surface area contributed by atoms with Crippen molar-refractivity contribution in [1.82, 2.24) is 9.38 Å². The van der Waals surface area contributed by atoms with Crippen LogP contribution < -0.4 is 0 Å². The highest BCUT2D eigenvalue weighted by molar-refractivity contribution is 9.09. The van der Waals surface area contributed by atoms with E-state index in [-0.39, 0.29) is 11.6 Å². The molecule has 0 unspecified atom stereocenters. The van der Waals surface area contributed by atoms with Crippen molar-refractivity contribution >= 4 is 49.1 Å². The SMILES string of the molecule is O=C(CBr)c1ccc(-c2cn3cc(C(=O)CBr)ccc3n2)cc1. The second kappa shape index (κ2) is 6.76. The van der Waals surface area contributed by atoms with Crippen LogP contribution in [0.15, 0.2) is 48.8 Å². The number of halogens is 2. The molecule has 0 radical (unpaired) electrons. The summed E-state index contributed by atoms with van der Waals surface area (Å²) < 4.78 is 1.84. The van der Waals surface area contributed by atoms with Crippen molar-refractivity contribution in [3.63, 3.8) is 0 Å². The molecule has 0 atom stereocenters. The zero-order chi connectivity index (χ0) is 16.4. The van der Waals surface area contributed by atoms with E-state index >= 15 is 0 Å². The van der Waals surface area contributed by atoms with Gasteiger partial charge < -0.3 is 4.40 Å². The molecular formula is C17H12Br2N2O2. The molecule has 0 spiro atoms. The molecule has 2 aromatic heterocycles. The third kappa shape index (κ3) is 3.28. The van der Waals surface area contributed by atoms with Gasteiger partial charge in [-0.05, 0) is 12.1 Å². The predicted molar refractivity (Wildman–Crippen MR) is 96.9 cm³/mol. The highest BCUT2D eigenvalue weighted by atomic mass is 79.9. The van der Waals surface area contributed by atoms with Gasteiger partial charge in [-0.25, -0.2) is 4.98 Å². The van der Waals surface area contributed by atoms with Gasteiger partial charge in [0.1, 0.15) is 5.65 Å². The maximum Gasteiger partial charge on any atom is 0.174 e. The van der Waals surface area contributed by atoms with Gasteiger partial charge in [0.25, 0.3) is 0 Å². The highest BCUT2D eigenvalue weighted by Gasteiger charge is 2.09. The summed E-state index contributed by atoms with van der Waals surface area (Å²) in [5.41, 5.74) is 3.79. The number of hydrogen-bond donors (Lipinski definition) is 0. The van der Waals surface area contributed by atoms with Crippen LogP contribution >= 0.6 is 31.9 Å². The summed E-state index contributed by atoms with van der Waals surface area (Å²) in [5, 5.41) is 0.605. The molecule has 3 rings (SSSR count). The fraction of sp³-hybridized carbons (Fsp3) is 0.118. The minimum Gasteiger partial charge on any atom is -0.306 e. The summed E-state index contributed by atoms with van der Waals surface area (Å²) in [4.78, 5) is 27.9. The van der Waals surface area contributed by atoms with E-state index in [1.165, 1.54) is 0 Å². The first-order chi connectivity index (χ1) is 11.1. The smallest absolute Gasteiger partial charge is 0.174 e. The third-order valence-corrected chi connectivity index (χ3v) is 4.54. The topological polar surface area (TPSA) is 51.4 Å². The Bertz CT molecular complexity index is 885. The molecule has 4 nitrogen and oxygen atoms in total. The van der Waals surface area contributed by atoms with Gasteiger partial charge >= 0.3 is 0 Å². The number of carbonyl (C=O) groups excluding carboxylic acids is 2. The van der Waals surface area contributed by atoms with Gasteiger partial charge in [-0.15, -0.1) is 0 Å². The Morgan fingerprint density at radius 1 is 0.870 bits per heavy atom. The molecule has 0 aliphatic carbocycles. The second-order valence-corrected chi connectivity index (χ2v) is 6.12. The summed E-state index contributed by atoms with van der Waals surface area (Å²) in [6.45, 7) is 0. The first-order valence-corrected chi connectivity index (χ1v) is 9.14.